The Balaban J connectivity index is 1.65. The van der Waals surface area contributed by atoms with Crippen molar-refractivity contribution in [3.05, 3.63) is 93.3 Å². The van der Waals surface area contributed by atoms with E-state index < -0.39 is 22.7 Å². The number of ether oxygens (including phenoxy) is 1. The topological polar surface area (TPSA) is 136 Å². The molecular formula is C27H22N4O6S. The number of non-ortho nitro benzene ring substituents is 1. The van der Waals surface area contributed by atoms with Crippen molar-refractivity contribution in [1.29, 1.82) is 0 Å². The zero-order chi connectivity index (χ0) is 27.0. The lowest BCUT2D eigenvalue weighted by Crippen LogP contribution is -2.29. The molecule has 2 aromatic carbocycles. The monoisotopic (exact) mass is 530 g/mol. The van der Waals surface area contributed by atoms with Crippen LogP contribution in [-0.2, 0) is 9.59 Å². The zero-order valence-corrected chi connectivity index (χ0v) is 21.3. The number of benzene rings is 2. The molecule has 1 aliphatic heterocycles. The van der Waals surface area contributed by atoms with Crippen LogP contribution in [-0.4, -0.2) is 38.3 Å². The van der Waals surface area contributed by atoms with Crippen LogP contribution in [0.5, 0.6) is 5.75 Å². The highest BCUT2D eigenvalue weighted by Crippen LogP contribution is 2.44. The quantitative estimate of drug-likeness (QED) is 0.111. The van der Waals surface area contributed by atoms with Crippen molar-refractivity contribution in [2.24, 2.45) is 0 Å². The Bertz CT molecular complexity index is 1610. The Morgan fingerprint density at radius 3 is 2.71 bits per heavy atom. The number of hydrogen-bond donors (Lipinski definition) is 1. The average Bonchev–Trinajstić information content (AvgIpc) is 3.45. The molecule has 1 unspecified atom stereocenters. The van der Waals surface area contributed by atoms with Crippen molar-refractivity contribution in [3.63, 3.8) is 0 Å². The summed E-state index contributed by atoms with van der Waals surface area (Å²) < 4.78 is 6.20. The van der Waals surface area contributed by atoms with Crippen molar-refractivity contribution in [1.82, 2.24) is 9.97 Å². The van der Waals surface area contributed by atoms with Gasteiger partial charge < -0.3 is 9.84 Å². The summed E-state index contributed by atoms with van der Waals surface area (Å²) in [4.78, 5) is 47.3. The van der Waals surface area contributed by atoms with Gasteiger partial charge in [-0.05, 0) is 54.8 Å². The molecule has 0 radical (unpaired) electrons. The number of anilines is 1. The van der Waals surface area contributed by atoms with Gasteiger partial charge in [-0.15, -0.1) is 0 Å². The minimum absolute atomic E-state index is 0.102. The Morgan fingerprint density at radius 1 is 1.21 bits per heavy atom. The van der Waals surface area contributed by atoms with Gasteiger partial charge in [0.2, 0.25) is 0 Å². The number of carbonyl (C=O) groups is 2. The third-order valence-electron chi connectivity index (χ3n) is 6.13. The molecule has 2 aromatic heterocycles. The van der Waals surface area contributed by atoms with E-state index in [0.717, 1.165) is 23.3 Å². The van der Waals surface area contributed by atoms with Crippen LogP contribution >= 0.6 is 11.3 Å². The van der Waals surface area contributed by atoms with Gasteiger partial charge in [0.05, 0.1) is 33.4 Å². The number of thiazole rings is 1. The van der Waals surface area contributed by atoms with Gasteiger partial charge >= 0.3 is 5.91 Å². The first-order chi connectivity index (χ1) is 18.3. The number of Topliss-reactive ketones (excluding diaryl/α,β-unsaturated/α-hetero) is 1. The number of fused-ring (bicyclic) bond motifs is 1. The lowest BCUT2D eigenvalue weighted by atomic mass is 9.96. The second kappa shape index (κ2) is 10.0. The van der Waals surface area contributed by atoms with Gasteiger partial charge in [0, 0.05) is 30.1 Å². The Kier molecular flexibility index (Phi) is 6.60. The Hall–Kier alpha value is -4.64. The maximum absolute atomic E-state index is 13.4. The molecule has 192 valence electrons. The second-order valence-electron chi connectivity index (χ2n) is 8.69. The molecule has 1 fully saturated rings. The van der Waals surface area contributed by atoms with E-state index in [1.807, 2.05) is 13.8 Å². The molecule has 0 saturated carbocycles. The molecule has 1 N–H and O–H groups in total. The van der Waals surface area contributed by atoms with E-state index in [-0.39, 0.29) is 22.2 Å². The fourth-order valence-electron chi connectivity index (χ4n) is 4.33. The molecule has 1 saturated heterocycles. The number of aliphatic hydroxyl groups is 1. The second-order valence-corrected chi connectivity index (χ2v) is 9.70. The Morgan fingerprint density at radius 2 is 2.03 bits per heavy atom. The molecule has 1 amide bonds. The number of hydrogen-bond acceptors (Lipinski definition) is 9. The predicted octanol–water partition coefficient (Wildman–Crippen LogP) is 5.32. The number of ketones is 1. The van der Waals surface area contributed by atoms with Crippen LogP contribution in [0.4, 0.5) is 10.8 Å². The summed E-state index contributed by atoms with van der Waals surface area (Å²) in [7, 11) is 0. The molecule has 3 heterocycles. The molecule has 4 aromatic rings. The molecular weight excluding hydrogens is 508 g/mol. The summed E-state index contributed by atoms with van der Waals surface area (Å²) in [6, 6.07) is 11.6. The molecule has 1 aliphatic rings. The molecule has 5 rings (SSSR count). The van der Waals surface area contributed by atoms with E-state index in [2.05, 4.69) is 9.97 Å². The summed E-state index contributed by atoms with van der Waals surface area (Å²) >= 11 is 1.05. The van der Waals surface area contributed by atoms with E-state index in [4.69, 9.17) is 4.74 Å². The lowest BCUT2D eigenvalue weighted by molar-refractivity contribution is -0.384. The first-order valence-electron chi connectivity index (χ1n) is 11.8. The fourth-order valence-corrected chi connectivity index (χ4v) is 5.35. The summed E-state index contributed by atoms with van der Waals surface area (Å²) in [5.74, 6) is -1.41. The molecule has 38 heavy (non-hydrogen) atoms. The number of nitrogens with zero attached hydrogens (tertiary/aromatic N) is 4. The first-order valence-corrected chi connectivity index (χ1v) is 12.6. The highest BCUT2D eigenvalue weighted by molar-refractivity contribution is 7.22. The third kappa shape index (κ3) is 4.37. The highest BCUT2D eigenvalue weighted by Gasteiger charge is 2.48. The van der Waals surface area contributed by atoms with Crippen molar-refractivity contribution in [2.75, 3.05) is 11.5 Å². The number of pyridine rings is 1. The third-order valence-corrected chi connectivity index (χ3v) is 7.15. The van der Waals surface area contributed by atoms with Crippen LogP contribution in [0.3, 0.4) is 0 Å². The average molecular weight is 531 g/mol. The zero-order valence-electron chi connectivity index (χ0n) is 20.5. The molecule has 1 atom stereocenters. The van der Waals surface area contributed by atoms with Gasteiger partial charge in [-0.1, -0.05) is 24.3 Å². The van der Waals surface area contributed by atoms with Gasteiger partial charge in [0.1, 0.15) is 11.5 Å². The number of aryl methyl sites for hydroxylation is 1. The van der Waals surface area contributed by atoms with Crippen molar-refractivity contribution in [2.45, 2.75) is 26.3 Å². The van der Waals surface area contributed by atoms with Crippen LogP contribution in [0.15, 0.2) is 66.5 Å². The Labute approximate surface area is 221 Å². The van der Waals surface area contributed by atoms with Crippen LogP contribution in [0.2, 0.25) is 0 Å². The van der Waals surface area contributed by atoms with Crippen LogP contribution in [0.1, 0.15) is 36.1 Å². The smallest absolute Gasteiger partial charge is 0.301 e. The van der Waals surface area contributed by atoms with Gasteiger partial charge in [-0.25, -0.2) is 4.98 Å². The fraction of sp³-hybridized carbons (Fsp3) is 0.185. The molecule has 10 nitrogen and oxygen atoms in total. The number of aromatic nitrogens is 2. The number of rotatable bonds is 7. The van der Waals surface area contributed by atoms with Crippen LogP contribution in [0.25, 0.3) is 16.0 Å². The summed E-state index contributed by atoms with van der Waals surface area (Å²) in [6.07, 6.45) is 3.92. The number of aliphatic hydroxyl groups excluding tert-OH is 1. The van der Waals surface area contributed by atoms with Crippen LogP contribution < -0.4 is 9.64 Å². The van der Waals surface area contributed by atoms with Gasteiger partial charge in [-0.2, -0.15) is 0 Å². The number of nitro groups is 1. The molecule has 11 heteroatoms. The summed E-state index contributed by atoms with van der Waals surface area (Å²) in [5, 5.41) is 22.8. The predicted molar refractivity (Wildman–Crippen MR) is 142 cm³/mol. The first kappa shape index (κ1) is 25.0. The van der Waals surface area contributed by atoms with E-state index in [0.29, 0.717) is 33.7 Å². The van der Waals surface area contributed by atoms with Crippen molar-refractivity contribution in [3.8, 4) is 5.75 Å². The standard InChI is InChI=1S/C27H22N4O6S/c1-3-11-37-20-9-6-16(12-15(20)2)24(32)22-23(17-5-4-10-28-14-17)30(26(34)25(22)33)27-29-19-8-7-18(31(35)36)13-21(19)38-27/h4-10,12-14,23,32H,3,11H2,1-2H3/b24-22+. The van der Waals surface area contributed by atoms with E-state index in [1.165, 1.54) is 29.3 Å². The summed E-state index contributed by atoms with van der Waals surface area (Å²) in [6.45, 7) is 4.38. The van der Waals surface area contributed by atoms with Crippen molar-refractivity contribution >= 4 is 49.8 Å². The highest BCUT2D eigenvalue weighted by atomic mass is 32.1. The minimum Gasteiger partial charge on any atom is -0.507 e. The largest absolute Gasteiger partial charge is 0.507 e. The maximum atomic E-state index is 13.4. The molecule has 0 bridgehead atoms. The normalized spacial score (nSPS) is 16.8. The maximum Gasteiger partial charge on any atom is 0.301 e. The van der Waals surface area contributed by atoms with E-state index in [1.54, 1.807) is 36.5 Å². The number of nitro benzene ring substituents is 1. The minimum atomic E-state index is -1.00. The van der Waals surface area contributed by atoms with E-state index in [9.17, 15) is 24.8 Å². The van der Waals surface area contributed by atoms with Gasteiger partial charge in [-0.3, -0.25) is 29.6 Å². The van der Waals surface area contributed by atoms with E-state index >= 15 is 0 Å². The summed E-state index contributed by atoms with van der Waals surface area (Å²) in [5.41, 5.74) is 1.86. The SMILES string of the molecule is CCCOc1ccc(/C(O)=C2\C(=O)C(=O)N(c3nc4ccc([N+](=O)[O-])cc4s3)C2c2cccnc2)cc1C. The molecule has 0 aliphatic carbocycles. The lowest BCUT2D eigenvalue weighted by Gasteiger charge is -2.22. The van der Waals surface area contributed by atoms with Gasteiger partial charge in [0.25, 0.3) is 11.5 Å². The van der Waals surface area contributed by atoms with Crippen molar-refractivity contribution < 1.29 is 24.4 Å². The number of carbonyl (C=O) groups excluding carboxylic acids is 2. The van der Waals surface area contributed by atoms with Crippen LogP contribution in [0, 0.1) is 17.0 Å². The number of amides is 1. The molecule has 0 spiro atoms. The van der Waals surface area contributed by atoms with Gasteiger partial charge in [0.15, 0.2) is 5.13 Å².